The monoisotopic (exact) mass is 218 g/mol. The predicted molar refractivity (Wildman–Crippen MR) is 59.4 cm³/mol. The van der Waals surface area contributed by atoms with E-state index < -0.39 is 0 Å². The molecule has 0 radical (unpaired) electrons. The summed E-state index contributed by atoms with van der Waals surface area (Å²) in [5.41, 5.74) is 1.81. The summed E-state index contributed by atoms with van der Waals surface area (Å²) in [5, 5.41) is 0. The van der Waals surface area contributed by atoms with Gasteiger partial charge in [-0.2, -0.15) is 0 Å². The van der Waals surface area contributed by atoms with Gasteiger partial charge in [-0.1, -0.05) is 13.8 Å². The molecular weight excluding hydrogens is 204 g/mol. The fraction of sp³-hybridized carbons (Fsp3) is 0.364. The number of aryl methyl sites for hydroxylation is 2. The first kappa shape index (κ1) is 10.6. The van der Waals surface area contributed by atoms with Crippen molar-refractivity contribution in [3.63, 3.8) is 0 Å². The zero-order valence-corrected chi connectivity index (χ0v) is 9.42. The molecule has 5 nitrogen and oxygen atoms in total. The van der Waals surface area contributed by atoms with Gasteiger partial charge in [0, 0.05) is 12.4 Å². The zero-order valence-electron chi connectivity index (χ0n) is 9.42. The summed E-state index contributed by atoms with van der Waals surface area (Å²) < 4.78 is 2.94. The van der Waals surface area contributed by atoms with Crippen LogP contribution in [0.1, 0.15) is 25.2 Å². The Morgan fingerprint density at radius 3 is 1.81 bits per heavy atom. The van der Waals surface area contributed by atoms with Gasteiger partial charge in [0.2, 0.25) is 0 Å². The molecule has 0 spiro atoms. The molecule has 2 aromatic rings. The van der Waals surface area contributed by atoms with Crippen molar-refractivity contribution in [1.82, 2.24) is 19.1 Å². The smallest absolute Gasteiger partial charge is 0.257 e. The second-order valence-corrected chi connectivity index (χ2v) is 3.53. The summed E-state index contributed by atoms with van der Waals surface area (Å²) in [6, 6.07) is -0.153. The Kier molecular flexibility index (Phi) is 2.85. The molecule has 0 N–H and O–H groups in total. The van der Waals surface area contributed by atoms with Crippen molar-refractivity contribution < 1.29 is 4.79 Å². The van der Waals surface area contributed by atoms with E-state index in [1.165, 1.54) is 21.8 Å². The van der Waals surface area contributed by atoms with Gasteiger partial charge < -0.3 is 0 Å². The molecule has 0 unspecified atom stereocenters. The molecule has 0 aliphatic rings. The minimum atomic E-state index is -0.153. The zero-order chi connectivity index (χ0) is 11.5. The number of rotatable bonds is 2. The third kappa shape index (κ3) is 1.88. The Labute approximate surface area is 93.8 Å². The Morgan fingerprint density at radius 1 is 1.06 bits per heavy atom. The highest BCUT2D eigenvalue weighted by Crippen LogP contribution is 2.01. The first-order chi connectivity index (χ1) is 7.74. The quantitative estimate of drug-likeness (QED) is 0.771. The lowest BCUT2D eigenvalue weighted by Crippen LogP contribution is -2.16. The molecule has 0 saturated carbocycles. The standard InChI is InChI=1S/C11H14N4O/c1-3-9-5-14(7-12-9)11(16)15-6-10(4-2)13-8-15/h5-8H,3-4H2,1-2H3. The lowest BCUT2D eigenvalue weighted by atomic mass is 10.4. The number of imidazole rings is 2. The fourth-order valence-electron chi connectivity index (χ4n) is 1.43. The number of carbonyl (C=O) groups is 1. The molecule has 0 aromatic carbocycles. The molecule has 0 fully saturated rings. The van der Waals surface area contributed by atoms with E-state index in [0.717, 1.165) is 24.2 Å². The highest BCUT2D eigenvalue weighted by molar-refractivity contribution is 5.79. The van der Waals surface area contributed by atoms with Crippen molar-refractivity contribution in [2.45, 2.75) is 26.7 Å². The van der Waals surface area contributed by atoms with Gasteiger partial charge >= 0.3 is 6.03 Å². The van der Waals surface area contributed by atoms with Crippen molar-refractivity contribution in [3.8, 4) is 0 Å². The summed E-state index contributed by atoms with van der Waals surface area (Å²) in [6.07, 6.45) is 8.20. The van der Waals surface area contributed by atoms with E-state index in [-0.39, 0.29) is 6.03 Å². The van der Waals surface area contributed by atoms with Gasteiger partial charge in [-0.25, -0.2) is 14.8 Å². The van der Waals surface area contributed by atoms with Gasteiger partial charge in [-0.15, -0.1) is 0 Å². The van der Waals surface area contributed by atoms with E-state index in [4.69, 9.17) is 0 Å². The van der Waals surface area contributed by atoms with Crippen LogP contribution in [-0.2, 0) is 12.8 Å². The molecule has 2 heterocycles. The van der Waals surface area contributed by atoms with Crippen LogP contribution in [0.4, 0.5) is 4.79 Å². The highest BCUT2D eigenvalue weighted by atomic mass is 16.2. The Balaban J connectivity index is 2.24. The maximum absolute atomic E-state index is 12.0. The molecule has 16 heavy (non-hydrogen) atoms. The average Bonchev–Trinajstić information content (AvgIpc) is 2.97. The molecule has 0 bridgehead atoms. The van der Waals surface area contributed by atoms with E-state index in [1.54, 1.807) is 12.4 Å². The third-order valence-electron chi connectivity index (χ3n) is 2.44. The van der Waals surface area contributed by atoms with Crippen LogP contribution in [0.5, 0.6) is 0 Å². The van der Waals surface area contributed by atoms with E-state index in [2.05, 4.69) is 9.97 Å². The SMILES string of the molecule is CCc1cn(C(=O)n2cnc(CC)c2)cn1. The van der Waals surface area contributed by atoms with Gasteiger partial charge in [0.15, 0.2) is 0 Å². The van der Waals surface area contributed by atoms with Crippen LogP contribution in [0.15, 0.2) is 25.0 Å². The van der Waals surface area contributed by atoms with Gasteiger partial charge in [0.05, 0.1) is 11.4 Å². The Morgan fingerprint density at radius 2 is 1.50 bits per heavy atom. The average molecular weight is 218 g/mol. The minimum absolute atomic E-state index is 0.153. The minimum Gasteiger partial charge on any atom is -0.257 e. The van der Waals surface area contributed by atoms with Crippen molar-refractivity contribution in [2.75, 3.05) is 0 Å². The van der Waals surface area contributed by atoms with Crippen molar-refractivity contribution in [1.29, 1.82) is 0 Å². The Bertz CT molecular complexity index is 453. The first-order valence-electron chi connectivity index (χ1n) is 5.35. The second-order valence-electron chi connectivity index (χ2n) is 3.53. The number of hydrogen-bond acceptors (Lipinski definition) is 3. The van der Waals surface area contributed by atoms with Crippen LogP contribution < -0.4 is 0 Å². The lowest BCUT2D eigenvalue weighted by Gasteiger charge is -1.99. The van der Waals surface area contributed by atoms with Crippen LogP contribution in [-0.4, -0.2) is 25.1 Å². The summed E-state index contributed by atoms with van der Waals surface area (Å²) in [6.45, 7) is 4.01. The molecule has 0 amide bonds. The van der Waals surface area contributed by atoms with E-state index in [1.807, 2.05) is 13.8 Å². The normalized spacial score (nSPS) is 10.6. The first-order valence-corrected chi connectivity index (χ1v) is 5.35. The maximum atomic E-state index is 12.0. The molecule has 2 aromatic heterocycles. The van der Waals surface area contributed by atoms with Crippen molar-refractivity contribution >= 4 is 6.03 Å². The Hall–Kier alpha value is -1.91. The van der Waals surface area contributed by atoms with Crippen LogP contribution >= 0.6 is 0 Å². The molecule has 2 rings (SSSR count). The van der Waals surface area contributed by atoms with Gasteiger partial charge in [0.1, 0.15) is 12.7 Å². The van der Waals surface area contributed by atoms with Crippen LogP contribution in [0, 0.1) is 0 Å². The summed E-state index contributed by atoms with van der Waals surface area (Å²) in [4.78, 5) is 20.2. The van der Waals surface area contributed by atoms with Crippen LogP contribution in [0.2, 0.25) is 0 Å². The fourth-order valence-corrected chi connectivity index (χ4v) is 1.43. The van der Waals surface area contributed by atoms with Crippen LogP contribution in [0.3, 0.4) is 0 Å². The van der Waals surface area contributed by atoms with Gasteiger partial charge in [-0.3, -0.25) is 9.13 Å². The van der Waals surface area contributed by atoms with Gasteiger partial charge in [-0.05, 0) is 12.8 Å². The topological polar surface area (TPSA) is 52.7 Å². The molecule has 5 heteroatoms. The second kappa shape index (κ2) is 4.30. The van der Waals surface area contributed by atoms with E-state index >= 15 is 0 Å². The largest absolute Gasteiger partial charge is 0.338 e. The van der Waals surface area contributed by atoms with Crippen LogP contribution in [0.25, 0.3) is 0 Å². The van der Waals surface area contributed by atoms with Gasteiger partial charge in [0.25, 0.3) is 0 Å². The summed E-state index contributed by atoms with van der Waals surface area (Å²) in [5.74, 6) is 0. The summed E-state index contributed by atoms with van der Waals surface area (Å²) >= 11 is 0. The van der Waals surface area contributed by atoms with E-state index in [0.29, 0.717) is 0 Å². The van der Waals surface area contributed by atoms with Crippen molar-refractivity contribution in [3.05, 3.63) is 36.4 Å². The maximum Gasteiger partial charge on any atom is 0.338 e. The molecule has 0 atom stereocenters. The molecule has 0 aliphatic heterocycles. The number of hydrogen-bond donors (Lipinski definition) is 0. The number of nitrogens with zero attached hydrogens (tertiary/aromatic N) is 4. The lowest BCUT2D eigenvalue weighted by molar-refractivity contribution is 0.243. The summed E-state index contributed by atoms with van der Waals surface area (Å²) in [7, 11) is 0. The highest BCUT2D eigenvalue weighted by Gasteiger charge is 2.09. The molecule has 0 aliphatic carbocycles. The molecule has 84 valence electrons. The predicted octanol–water partition coefficient (Wildman–Crippen LogP) is 1.72. The number of carbonyl (C=O) groups excluding carboxylic acids is 1. The number of aromatic nitrogens is 4. The third-order valence-corrected chi connectivity index (χ3v) is 2.44. The van der Waals surface area contributed by atoms with Crippen molar-refractivity contribution in [2.24, 2.45) is 0 Å². The molecule has 0 saturated heterocycles. The molecular formula is C11H14N4O. The van der Waals surface area contributed by atoms with E-state index in [9.17, 15) is 4.79 Å².